The number of benzene rings is 2. The smallest absolute Gasteiger partial charge is 0.410 e. The van der Waals surface area contributed by atoms with Gasteiger partial charge in [-0.05, 0) is 87.8 Å². The number of anilines is 2. The lowest BCUT2D eigenvalue weighted by Gasteiger charge is -2.39. The molecular formula is C35H37FN8O3S2. The molecule has 6 rings (SSSR count). The Morgan fingerprint density at radius 2 is 1.86 bits per heavy atom. The second kappa shape index (κ2) is 13.9. The number of nitrogens with zero attached hydrogens (tertiary/aromatic N) is 6. The molecule has 0 radical (unpaired) electrons. The molecule has 14 heteroatoms. The lowest BCUT2D eigenvalue weighted by molar-refractivity contribution is 0.0196. The van der Waals surface area contributed by atoms with Gasteiger partial charge in [0.25, 0.3) is 5.91 Å². The normalized spacial score (nSPS) is 14.8. The zero-order valence-corrected chi connectivity index (χ0v) is 29.5. The number of fused-ring (bicyclic) bond motifs is 1. The molecule has 2 aromatic carbocycles. The molecule has 49 heavy (non-hydrogen) atoms. The van der Waals surface area contributed by atoms with Crippen LogP contribution in [0, 0.1) is 5.82 Å². The molecule has 2 N–H and O–H groups in total. The van der Waals surface area contributed by atoms with E-state index in [4.69, 9.17) is 21.9 Å². The van der Waals surface area contributed by atoms with E-state index in [9.17, 15) is 9.59 Å². The fourth-order valence-electron chi connectivity index (χ4n) is 5.74. The van der Waals surface area contributed by atoms with E-state index < -0.39 is 29.5 Å². The van der Waals surface area contributed by atoms with Gasteiger partial charge in [0.2, 0.25) is 0 Å². The summed E-state index contributed by atoms with van der Waals surface area (Å²) in [5, 5.41) is 15.3. The van der Waals surface area contributed by atoms with Crippen LogP contribution < -0.4 is 15.5 Å². The second-order valence-electron chi connectivity index (χ2n) is 12.8. The van der Waals surface area contributed by atoms with E-state index >= 15 is 4.39 Å². The van der Waals surface area contributed by atoms with E-state index in [1.54, 1.807) is 53.7 Å². The Labute approximate surface area is 293 Å². The van der Waals surface area contributed by atoms with Gasteiger partial charge in [-0.2, -0.15) is 0 Å². The van der Waals surface area contributed by atoms with Crippen molar-refractivity contribution < 1.29 is 18.7 Å². The van der Waals surface area contributed by atoms with Crippen LogP contribution >= 0.6 is 23.6 Å². The summed E-state index contributed by atoms with van der Waals surface area (Å²) >= 11 is 6.79. The summed E-state index contributed by atoms with van der Waals surface area (Å²) in [6.45, 7) is 6.14. The number of amides is 2. The number of hydrogen-bond acceptors (Lipinski definition) is 8. The summed E-state index contributed by atoms with van der Waals surface area (Å²) in [5.74, 6) is -0.846. The number of nitrogens with one attached hydrogen (secondary N) is 2. The SMILES string of the molecule is CNC(=S)Nc1ccc(-c2cc3c(N(C(=O)c4ccc(-c5cn(C)nn5)cc4F)[C@@H]4CCCN(C(=O)OC(C)(C)C)C4)nccc3s2)cc1. The van der Waals surface area contributed by atoms with E-state index in [-0.39, 0.29) is 12.1 Å². The standard InChI is InChI=1S/C35H37FN8O3S2/c1-35(2,3)47-34(46)43-16-6-7-24(19-43)44(32(45)25-13-10-22(17-27(25)36)28-20-42(5)41-40-28)31-26-18-30(49-29(26)14-15-38-31)21-8-11-23(12-9-21)39-33(48)37-4/h8-15,17-18,20,24H,6-7,16,19H2,1-5H3,(H2,37,39,48)/t24-/m1/s1. The average molecular weight is 701 g/mol. The minimum Gasteiger partial charge on any atom is -0.444 e. The maximum Gasteiger partial charge on any atom is 0.410 e. The molecule has 2 amide bonds. The van der Waals surface area contributed by atoms with E-state index in [1.165, 1.54) is 16.8 Å². The van der Waals surface area contributed by atoms with Crippen molar-refractivity contribution in [2.24, 2.45) is 7.05 Å². The number of hydrogen-bond donors (Lipinski definition) is 2. The first-order chi connectivity index (χ1) is 23.4. The monoisotopic (exact) mass is 700 g/mol. The Bertz CT molecular complexity index is 2020. The number of carbonyl (C=O) groups is 2. The highest BCUT2D eigenvalue weighted by Gasteiger charge is 2.36. The molecule has 1 fully saturated rings. The number of aryl methyl sites for hydroxylation is 1. The van der Waals surface area contributed by atoms with Crippen molar-refractivity contribution >= 4 is 62.3 Å². The molecule has 11 nitrogen and oxygen atoms in total. The van der Waals surface area contributed by atoms with Crippen molar-refractivity contribution in [3.8, 4) is 21.7 Å². The third kappa shape index (κ3) is 7.55. The molecule has 0 aliphatic carbocycles. The van der Waals surface area contributed by atoms with Gasteiger partial charge in [0.1, 0.15) is 22.9 Å². The first-order valence-corrected chi connectivity index (χ1v) is 17.1. The Balaban J connectivity index is 1.39. The predicted octanol–water partition coefficient (Wildman–Crippen LogP) is 6.86. The maximum atomic E-state index is 15.9. The highest BCUT2D eigenvalue weighted by molar-refractivity contribution is 7.80. The summed E-state index contributed by atoms with van der Waals surface area (Å²) in [4.78, 5) is 36.6. The summed E-state index contributed by atoms with van der Waals surface area (Å²) in [6.07, 6.45) is 4.09. The van der Waals surface area contributed by atoms with Crippen LogP contribution in [0.1, 0.15) is 44.0 Å². The molecule has 0 bridgehead atoms. The number of pyridine rings is 1. The molecule has 0 unspecified atom stereocenters. The Kier molecular flexibility index (Phi) is 9.61. The minimum atomic E-state index is -0.692. The van der Waals surface area contributed by atoms with Crippen molar-refractivity contribution in [2.45, 2.75) is 45.3 Å². The number of piperidine rings is 1. The van der Waals surface area contributed by atoms with Gasteiger partial charge in [-0.1, -0.05) is 23.4 Å². The van der Waals surface area contributed by atoms with E-state index in [0.29, 0.717) is 41.6 Å². The first kappa shape index (κ1) is 33.9. The van der Waals surface area contributed by atoms with E-state index in [2.05, 4.69) is 20.9 Å². The fraction of sp³-hybridized carbons (Fsp3) is 0.314. The van der Waals surface area contributed by atoms with Crippen molar-refractivity contribution in [3.05, 3.63) is 78.4 Å². The highest BCUT2D eigenvalue weighted by Crippen LogP contribution is 2.39. The quantitative estimate of drug-likeness (QED) is 0.183. The molecule has 5 aromatic rings. The van der Waals surface area contributed by atoms with Gasteiger partial charge in [0.15, 0.2) is 5.11 Å². The van der Waals surface area contributed by atoms with Crippen LogP contribution in [0.5, 0.6) is 0 Å². The molecule has 1 atom stereocenters. The van der Waals surface area contributed by atoms with Crippen LogP contribution in [0.2, 0.25) is 0 Å². The largest absolute Gasteiger partial charge is 0.444 e. The van der Waals surface area contributed by atoms with Crippen molar-refractivity contribution in [1.29, 1.82) is 0 Å². The van der Waals surface area contributed by atoms with Gasteiger partial charge in [-0.3, -0.25) is 14.4 Å². The maximum absolute atomic E-state index is 15.9. The molecular weight excluding hydrogens is 664 g/mol. The first-order valence-electron chi connectivity index (χ1n) is 15.9. The van der Waals surface area contributed by atoms with Crippen LogP contribution in [-0.4, -0.2) is 73.8 Å². The van der Waals surface area contributed by atoms with E-state index in [0.717, 1.165) is 26.2 Å². The number of thiophene rings is 1. The highest BCUT2D eigenvalue weighted by atomic mass is 32.1. The zero-order valence-electron chi connectivity index (χ0n) is 27.9. The number of aromatic nitrogens is 4. The molecule has 1 aliphatic rings. The van der Waals surface area contributed by atoms with Gasteiger partial charge in [0, 0.05) is 59.6 Å². The summed E-state index contributed by atoms with van der Waals surface area (Å²) in [7, 11) is 3.48. The summed E-state index contributed by atoms with van der Waals surface area (Å²) in [5.41, 5.74) is 2.02. The molecule has 4 heterocycles. The molecule has 0 spiro atoms. The summed E-state index contributed by atoms with van der Waals surface area (Å²) in [6, 6.07) is 15.7. The van der Waals surface area contributed by atoms with Gasteiger partial charge < -0.3 is 20.3 Å². The molecule has 0 saturated carbocycles. The van der Waals surface area contributed by atoms with Crippen LogP contribution in [0.3, 0.4) is 0 Å². The molecule has 3 aromatic heterocycles. The number of likely N-dealkylation sites (tertiary alicyclic amines) is 1. The zero-order chi connectivity index (χ0) is 34.9. The topological polar surface area (TPSA) is 118 Å². The number of halogens is 1. The predicted molar refractivity (Wildman–Crippen MR) is 194 cm³/mol. The van der Waals surface area contributed by atoms with E-state index in [1.807, 2.05) is 57.2 Å². The average Bonchev–Trinajstić information content (AvgIpc) is 3.71. The van der Waals surface area contributed by atoms with Crippen molar-refractivity contribution in [1.82, 2.24) is 30.2 Å². The third-order valence-electron chi connectivity index (χ3n) is 8.04. The minimum absolute atomic E-state index is 0.112. The Morgan fingerprint density at radius 3 is 2.53 bits per heavy atom. The van der Waals surface area contributed by atoms with Crippen LogP contribution in [0.4, 0.5) is 20.7 Å². The number of rotatable bonds is 6. The van der Waals surface area contributed by atoms with Crippen LogP contribution in [0.25, 0.3) is 31.8 Å². The lowest BCUT2D eigenvalue weighted by atomic mass is 10.0. The number of ether oxygens (including phenoxy) is 1. The van der Waals surface area contributed by atoms with Gasteiger partial charge in [0.05, 0.1) is 17.8 Å². The number of thiocarbonyl (C=S) groups is 1. The van der Waals surface area contributed by atoms with Gasteiger partial charge in [-0.25, -0.2) is 14.2 Å². The van der Waals surface area contributed by atoms with Crippen LogP contribution in [-0.2, 0) is 11.8 Å². The van der Waals surface area contributed by atoms with Crippen LogP contribution in [0.15, 0.2) is 67.0 Å². The molecule has 1 aliphatic heterocycles. The Hall–Kier alpha value is -4.95. The van der Waals surface area contributed by atoms with Gasteiger partial charge in [-0.15, -0.1) is 16.4 Å². The number of carbonyl (C=O) groups excluding carboxylic acids is 2. The fourth-order valence-corrected chi connectivity index (χ4v) is 6.92. The summed E-state index contributed by atoms with van der Waals surface area (Å²) < 4.78 is 24.0. The van der Waals surface area contributed by atoms with Crippen molar-refractivity contribution in [2.75, 3.05) is 30.4 Å². The van der Waals surface area contributed by atoms with Gasteiger partial charge >= 0.3 is 6.09 Å². The Morgan fingerprint density at radius 1 is 1.10 bits per heavy atom. The third-order valence-corrected chi connectivity index (χ3v) is 9.49. The van der Waals surface area contributed by atoms with Crippen molar-refractivity contribution in [3.63, 3.8) is 0 Å². The lowest BCUT2D eigenvalue weighted by Crippen LogP contribution is -2.53. The second-order valence-corrected chi connectivity index (χ2v) is 14.3. The molecule has 254 valence electrons. The molecule has 1 saturated heterocycles.